The normalized spacial score (nSPS) is 14.8. The number of hydrogen-bond acceptors (Lipinski definition) is 7. The number of aromatic nitrogens is 5. The van der Waals surface area contributed by atoms with Crippen molar-refractivity contribution in [2.24, 2.45) is 0 Å². The molecule has 0 unspecified atom stereocenters. The van der Waals surface area contributed by atoms with Gasteiger partial charge in [0.2, 0.25) is 5.91 Å². The molecule has 5 rings (SSSR count). The van der Waals surface area contributed by atoms with Gasteiger partial charge in [0, 0.05) is 23.5 Å². The second-order valence-electron chi connectivity index (χ2n) is 8.36. The number of carbonyl (C=O) groups is 1. The minimum absolute atomic E-state index is 0.0946. The summed E-state index contributed by atoms with van der Waals surface area (Å²) in [6.45, 7) is 4.64. The summed E-state index contributed by atoms with van der Waals surface area (Å²) in [7, 11) is 1.62. The summed E-state index contributed by atoms with van der Waals surface area (Å²) >= 11 is 0. The fourth-order valence-electron chi connectivity index (χ4n) is 4.30. The summed E-state index contributed by atoms with van der Waals surface area (Å²) in [5.74, 6) is 2.14. The van der Waals surface area contributed by atoms with Gasteiger partial charge in [0.05, 0.1) is 31.3 Å². The Kier molecular flexibility index (Phi) is 6.13. The maximum atomic E-state index is 12.8. The fraction of sp³-hybridized carbons (Fsp3) is 0.269. The first kappa shape index (κ1) is 22.5. The van der Waals surface area contributed by atoms with Gasteiger partial charge in [-0.05, 0) is 55.3 Å². The van der Waals surface area contributed by atoms with Gasteiger partial charge in [0.25, 0.3) is 5.95 Å². The lowest BCUT2D eigenvalue weighted by Crippen LogP contribution is -2.25. The summed E-state index contributed by atoms with van der Waals surface area (Å²) in [5, 5.41) is 16.0. The third-order valence-corrected chi connectivity index (χ3v) is 5.96. The van der Waals surface area contributed by atoms with Gasteiger partial charge >= 0.3 is 0 Å². The first-order valence-electron chi connectivity index (χ1n) is 11.5. The van der Waals surface area contributed by atoms with Crippen molar-refractivity contribution in [1.29, 1.82) is 0 Å². The summed E-state index contributed by atoms with van der Waals surface area (Å²) in [6, 6.07) is 15.4. The first-order valence-corrected chi connectivity index (χ1v) is 11.5. The molecule has 0 spiro atoms. The van der Waals surface area contributed by atoms with Crippen LogP contribution in [0.3, 0.4) is 0 Å². The maximum absolute atomic E-state index is 12.8. The number of nitrogens with zero attached hydrogens (tertiary/aromatic N) is 5. The topological polar surface area (TPSA) is 104 Å². The molecule has 0 radical (unpaired) electrons. The first-order chi connectivity index (χ1) is 17.1. The van der Waals surface area contributed by atoms with Crippen molar-refractivity contribution in [2.45, 2.75) is 32.6 Å². The van der Waals surface area contributed by atoms with E-state index in [2.05, 4.69) is 27.4 Å². The van der Waals surface area contributed by atoms with Crippen LogP contribution in [0.2, 0.25) is 0 Å². The molecule has 1 N–H and O–H groups in total. The monoisotopic (exact) mass is 470 g/mol. The van der Waals surface area contributed by atoms with Crippen LogP contribution in [-0.2, 0) is 4.79 Å². The predicted molar refractivity (Wildman–Crippen MR) is 131 cm³/mol. The Bertz CT molecular complexity index is 1370. The lowest BCUT2D eigenvalue weighted by Gasteiger charge is -2.24. The van der Waals surface area contributed by atoms with Gasteiger partial charge in [0.1, 0.15) is 17.3 Å². The van der Waals surface area contributed by atoms with E-state index >= 15 is 0 Å². The molecule has 0 bridgehead atoms. The van der Waals surface area contributed by atoms with Crippen molar-refractivity contribution in [3.05, 3.63) is 71.5 Å². The quantitative estimate of drug-likeness (QED) is 0.429. The summed E-state index contributed by atoms with van der Waals surface area (Å²) < 4.78 is 12.6. The zero-order valence-electron chi connectivity index (χ0n) is 19.9. The molecule has 4 aromatic rings. The number of anilines is 1. The highest BCUT2D eigenvalue weighted by Gasteiger charge is 2.33. The van der Waals surface area contributed by atoms with Gasteiger partial charge in [-0.15, -0.1) is 5.10 Å². The molecule has 1 atom stereocenters. The third-order valence-electron chi connectivity index (χ3n) is 5.96. The molecule has 0 fully saturated rings. The van der Waals surface area contributed by atoms with Crippen molar-refractivity contribution in [3.63, 3.8) is 0 Å². The SMILES string of the molecule is CCCOc1cccc([C@@H]2CC(=O)Nc3c2c(C)nn3-c2nncc(-c3ccc(OC)cc3)n2)c1. The largest absolute Gasteiger partial charge is 0.497 e. The van der Waals surface area contributed by atoms with Crippen molar-refractivity contribution < 1.29 is 14.3 Å². The zero-order valence-corrected chi connectivity index (χ0v) is 19.9. The third kappa shape index (κ3) is 4.44. The highest BCUT2D eigenvalue weighted by Crippen LogP contribution is 2.40. The molecule has 2 aromatic heterocycles. The van der Waals surface area contributed by atoms with Crippen LogP contribution < -0.4 is 14.8 Å². The lowest BCUT2D eigenvalue weighted by molar-refractivity contribution is -0.116. The molecule has 0 saturated heterocycles. The molecule has 0 aliphatic carbocycles. The van der Waals surface area contributed by atoms with Gasteiger partial charge in [-0.2, -0.15) is 14.9 Å². The van der Waals surface area contributed by atoms with E-state index < -0.39 is 0 Å². The molecule has 0 saturated carbocycles. The number of benzene rings is 2. The molecular formula is C26H26N6O3. The van der Waals surface area contributed by atoms with Crippen molar-refractivity contribution in [2.75, 3.05) is 19.0 Å². The van der Waals surface area contributed by atoms with Gasteiger partial charge in [0.15, 0.2) is 0 Å². The highest BCUT2D eigenvalue weighted by atomic mass is 16.5. The van der Waals surface area contributed by atoms with Crippen LogP contribution in [0, 0.1) is 6.92 Å². The molecule has 35 heavy (non-hydrogen) atoms. The van der Waals surface area contributed by atoms with Gasteiger partial charge < -0.3 is 14.8 Å². The molecule has 1 aliphatic heterocycles. The van der Waals surface area contributed by atoms with Gasteiger partial charge in [-0.1, -0.05) is 19.1 Å². The number of nitrogens with one attached hydrogen (secondary N) is 1. The summed E-state index contributed by atoms with van der Waals surface area (Å²) in [6.07, 6.45) is 2.84. The zero-order chi connectivity index (χ0) is 24.4. The number of methoxy groups -OCH3 is 1. The van der Waals surface area contributed by atoms with E-state index in [1.807, 2.05) is 55.5 Å². The average molecular weight is 471 g/mol. The van der Waals surface area contributed by atoms with Crippen LogP contribution in [0.4, 0.5) is 5.82 Å². The van der Waals surface area contributed by atoms with Crippen LogP contribution in [-0.4, -0.2) is 44.6 Å². The molecule has 178 valence electrons. The van der Waals surface area contributed by atoms with Crippen molar-refractivity contribution in [1.82, 2.24) is 25.0 Å². The average Bonchev–Trinajstić information content (AvgIpc) is 3.23. The van der Waals surface area contributed by atoms with Crippen LogP contribution >= 0.6 is 0 Å². The Morgan fingerprint density at radius 3 is 2.74 bits per heavy atom. The van der Waals surface area contributed by atoms with E-state index in [0.717, 1.165) is 40.3 Å². The Morgan fingerprint density at radius 2 is 1.97 bits per heavy atom. The smallest absolute Gasteiger partial charge is 0.272 e. The number of carbonyl (C=O) groups excluding carboxylic acids is 1. The standard InChI is InChI=1S/C26H26N6O3/c1-4-12-35-20-7-5-6-18(13-20)21-14-23(33)29-25-24(21)16(2)31-32(25)26-28-22(15-27-30-26)17-8-10-19(34-3)11-9-17/h5-11,13,15,21H,4,12,14H2,1-3H3,(H,29,33)/t21-/m0/s1. The summed E-state index contributed by atoms with van der Waals surface area (Å²) in [4.78, 5) is 17.4. The number of ether oxygens (including phenoxy) is 2. The number of fused-ring (bicyclic) bond motifs is 1. The van der Waals surface area contributed by atoms with Crippen LogP contribution in [0.1, 0.15) is 42.5 Å². The minimum Gasteiger partial charge on any atom is -0.497 e. The highest BCUT2D eigenvalue weighted by molar-refractivity contribution is 5.95. The van der Waals surface area contributed by atoms with E-state index in [9.17, 15) is 4.79 Å². The fourth-order valence-corrected chi connectivity index (χ4v) is 4.30. The number of aryl methyl sites for hydroxylation is 1. The van der Waals surface area contributed by atoms with E-state index in [4.69, 9.17) is 14.6 Å². The van der Waals surface area contributed by atoms with E-state index in [0.29, 0.717) is 24.5 Å². The van der Waals surface area contributed by atoms with E-state index in [1.54, 1.807) is 18.0 Å². The molecule has 9 nitrogen and oxygen atoms in total. The predicted octanol–water partition coefficient (Wildman–Crippen LogP) is 4.30. The molecule has 3 heterocycles. The molecule has 2 aromatic carbocycles. The van der Waals surface area contributed by atoms with Crippen LogP contribution in [0.5, 0.6) is 11.5 Å². The second kappa shape index (κ2) is 9.54. The van der Waals surface area contributed by atoms with Crippen molar-refractivity contribution in [3.8, 4) is 28.7 Å². The molecule has 1 aliphatic rings. The van der Waals surface area contributed by atoms with Crippen LogP contribution in [0.25, 0.3) is 17.2 Å². The van der Waals surface area contributed by atoms with Crippen molar-refractivity contribution >= 4 is 11.7 Å². The van der Waals surface area contributed by atoms with Gasteiger partial charge in [-0.25, -0.2) is 4.98 Å². The number of hydrogen-bond donors (Lipinski definition) is 1. The molecule has 9 heteroatoms. The van der Waals surface area contributed by atoms with E-state index in [1.165, 1.54) is 0 Å². The molecular weight excluding hydrogens is 444 g/mol. The second-order valence-corrected chi connectivity index (χ2v) is 8.36. The Hall–Kier alpha value is -4.27. The number of rotatable bonds is 7. The maximum Gasteiger partial charge on any atom is 0.272 e. The minimum atomic E-state index is -0.157. The lowest BCUT2D eigenvalue weighted by atomic mass is 9.86. The Morgan fingerprint density at radius 1 is 1.14 bits per heavy atom. The van der Waals surface area contributed by atoms with Crippen LogP contribution in [0.15, 0.2) is 54.7 Å². The Labute approximate surface area is 203 Å². The van der Waals surface area contributed by atoms with Gasteiger partial charge in [-0.3, -0.25) is 4.79 Å². The Balaban J connectivity index is 1.54. The summed E-state index contributed by atoms with van der Waals surface area (Å²) in [5.41, 5.74) is 4.24. The number of amides is 1. The van der Waals surface area contributed by atoms with E-state index in [-0.39, 0.29) is 17.8 Å². The molecule has 1 amide bonds.